The lowest BCUT2D eigenvalue weighted by Gasteiger charge is -2.15. The predicted molar refractivity (Wildman–Crippen MR) is 83.8 cm³/mol. The van der Waals surface area contributed by atoms with Gasteiger partial charge in [-0.15, -0.1) is 0 Å². The van der Waals surface area contributed by atoms with E-state index in [2.05, 4.69) is 10.4 Å². The van der Waals surface area contributed by atoms with Crippen molar-refractivity contribution in [3.8, 4) is 0 Å². The molecular weight excluding hydrogens is 264 g/mol. The number of hydrogen-bond acceptors (Lipinski definition) is 3. The van der Waals surface area contributed by atoms with E-state index in [4.69, 9.17) is 5.73 Å². The molecular formula is C16H22N4O. The van der Waals surface area contributed by atoms with Crippen molar-refractivity contribution in [3.05, 3.63) is 48.3 Å². The van der Waals surface area contributed by atoms with E-state index in [9.17, 15) is 4.79 Å². The third-order valence-corrected chi connectivity index (χ3v) is 3.39. The van der Waals surface area contributed by atoms with Crippen LogP contribution < -0.4 is 11.1 Å². The normalized spacial score (nSPS) is 12.4. The summed E-state index contributed by atoms with van der Waals surface area (Å²) in [6.45, 7) is 4.72. The van der Waals surface area contributed by atoms with Gasteiger partial charge in [0.2, 0.25) is 5.91 Å². The minimum atomic E-state index is -0.114. The number of nitrogens with two attached hydrogens (primary N) is 1. The third kappa shape index (κ3) is 4.72. The van der Waals surface area contributed by atoms with Crippen LogP contribution in [0, 0.1) is 5.92 Å². The SMILES string of the molecule is CC(C)C(N)CC(=O)Nc1cccc(Cn2cccn2)c1. The lowest BCUT2D eigenvalue weighted by atomic mass is 10.0. The van der Waals surface area contributed by atoms with Gasteiger partial charge in [0.05, 0.1) is 6.54 Å². The van der Waals surface area contributed by atoms with Crippen LogP contribution in [0.1, 0.15) is 25.8 Å². The van der Waals surface area contributed by atoms with Gasteiger partial charge in [0.25, 0.3) is 0 Å². The summed E-state index contributed by atoms with van der Waals surface area (Å²) < 4.78 is 1.84. The molecule has 1 atom stereocenters. The van der Waals surface area contributed by atoms with Crippen LogP contribution in [0.3, 0.4) is 0 Å². The van der Waals surface area contributed by atoms with Gasteiger partial charge in [-0.25, -0.2) is 0 Å². The minimum Gasteiger partial charge on any atom is -0.327 e. The van der Waals surface area contributed by atoms with Crippen molar-refractivity contribution in [1.29, 1.82) is 0 Å². The lowest BCUT2D eigenvalue weighted by molar-refractivity contribution is -0.116. The summed E-state index contributed by atoms with van der Waals surface area (Å²) in [5.74, 6) is 0.245. The molecule has 5 nitrogen and oxygen atoms in total. The quantitative estimate of drug-likeness (QED) is 0.855. The summed E-state index contributed by atoms with van der Waals surface area (Å²) in [5.41, 5.74) is 7.80. The van der Waals surface area contributed by atoms with Gasteiger partial charge in [-0.1, -0.05) is 26.0 Å². The highest BCUT2D eigenvalue weighted by Crippen LogP contribution is 2.13. The van der Waals surface area contributed by atoms with Gasteiger partial charge in [-0.3, -0.25) is 9.48 Å². The Morgan fingerprint density at radius 1 is 1.38 bits per heavy atom. The highest BCUT2D eigenvalue weighted by molar-refractivity contribution is 5.91. The Bertz CT molecular complexity index is 578. The van der Waals surface area contributed by atoms with Crippen LogP contribution in [0.15, 0.2) is 42.7 Å². The maximum Gasteiger partial charge on any atom is 0.225 e. The molecule has 0 saturated heterocycles. The van der Waals surface area contributed by atoms with E-state index in [0.29, 0.717) is 18.9 Å². The van der Waals surface area contributed by atoms with Crippen molar-refractivity contribution >= 4 is 11.6 Å². The average Bonchev–Trinajstić information content (AvgIpc) is 2.91. The van der Waals surface area contributed by atoms with Gasteiger partial charge >= 0.3 is 0 Å². The molecule has 3 N–H and O–H groups in total. The van der Waals surface area contributed by atoms with Crippen LogP contribution in [0.2, 0.25) is 0 Å². The van der Waals surface area contributed by atoms with Crippen LogP contribution in [0.25, 0.3) is 0 Å². The Kier molecular flexibility index (Phi) is 5.11. The first-order valence-corrected chi connectivity index (χ1v) is 7.16. The maximum atomic E-state index is 11.9. The molecule has 0 aliphatic rings. The van der Waals surface area contributed by atoms with Crippen molar-refractivity contribution < 1.29 is 4.79 Å². The number of hydrogen-bond donors (Lipinski definition) is 2. The van der Waals surface area contributed by atoms with Crippen molar-refractivity contribution in [3.63, 3.8) is 0 Å². The van der Waals surface area contributed by atoms with Gasteiger partial charge in [0, 0.05) is 30.5 Å². The second kappa shape index (κ2) is 7.04. The van der Waals surface area contributed by atoms with Gasteiger partial charge in [0.1, 0.15) is 0 Å². The molecule has 1 unspecified atom stereocenters. The molecule has 0 aliphatic carbocycles. The number of nitrogens with zero attached hydrogens (tertiary/aromatic N) is 2. The van der Waals surface area contributed by atoms with E-state index < -0.39 is 0 Å². The van der Waals surface area contributed by atoms with Crippen LogP contribution in [-0.2, 0) is 11.3 Å². The number of carbonyl (C=O) groups excluding carboxylic acids is 1. The predicted octanol–water partition coefficient (Wildman–Crippen LogP) is 2.24. The number of carbonyl (C=O) groups is 1. The second-order valence-corrected chi connectivity index (χ2v) is 5.56. The molecule has 1 aromatic heterocycles. The summed E-state index contributed by atoms with van der Waals surface area (Å²) in [6, 6.07) is 9.55. The zero-order chi connectivity index (χ0) is 15.2. The Balaban J connectivity index is 1.96. The second-order valence-electron chi connectivity index (χ2n) is 5.56. The van der Waals surface area contributed by atoms with Crippen molar-refractivity contribution in [2.24, 2.45) is 11.7 Å². The Morgan fingerprint density at radius 2 is 2.19 bits per heavy atom. The van der Waals surface area contributed by atoms with E-state index in [1.807, 2.05) is 55.1 Å². The number of nitrogens with one attached hydrogen (secondary N) is 1. The molecule has 0 saturated carbocycles. The zero-order valence-electron chi connectivity index (χ0n) is 12.5. The minimum absolute atomic E-state index is 0.0487. The van der Waals surface area contributed by atoms with Gasteiger partial charge in [-0.05, 0) is 29.7 Å². The summed E-state index contributed by atoms with van der Waals surface area (Å²) in [4.78, 5) is 11.9. The van der Waals surface area contributed by atoms with E-state index in [-0.39, 0.29) is 11.9 Å². The fourth-order valence-corrected chi connectivity index (χ4v) is 1.99. The maximum absolute atomic E-state index is 11.9. The number of rotatable bonds is 6. The molecule has 0 aliphatic heterocycles. The lowest BCUT2D eigenvalue weighted by Crippen LogP contribution is -2.31. The molecule has 0 spiro atoms. The Hall–Kier alpha value is -2.14. The summed E-state index contributed by atoms with van der Waals surface area (Å²) >= 11 is 0. The molecule has 0 bridgehead atoms. The van der Waals surface area contributed by atoms with Crippen LogP contribution in [0.4, 0.5) is 5.69 Å². The fraction of sp³-hybridized carbons (Fsp3) is 0.375. The van der Waals surface area contributed by atoms with Crippen LogP contribution in [-0.4, -0.2) is 21.7 Å². The molecule has 2 rings (SSSR count). The van der Waals surface area contributed by atoms with Crippen LogP contribution in [0.5, 0.6) is 0 Å². The first-order chi connectivity index (χ1) is 10.0. The van der Waals surface area contributed by atoms with E-state index in [0.717, 1.165) is 11.3 Å². The molecule has 21 heavy (non-hydrogen) atoms. The van der Waals surface area contributed by atoms with Gasteiger partial charge in [0.15, 0.2) is 0 Å². The number of benzene rings is 1. The standard InChI is InChI=1S/C16H22N4O/c1-12(2)15(17)10-16(21)19-14-6-3-5-13(9-14)11-20-8-4-7-18-20/h3-9,12,15H,10-11,17H2,1-2H3,(H,19,21). The smallest absolute Gasteiger partial charge is 0.225 e. The molecule has 0 fully saturated rings. The first kappa shape index (κ1) is 15.3. The third-order valence-electron chi connectivity index (χ3n) is 3.39. The summed E-state index contributed by atoms with van der Waals surface area (Å²) in [7, 11) is 0. The highest BCUT2D eigenvalue weighted by atomic mass is 16.1. The molecule has 2 aromatic rings. The Morgan fingerprint density at radius 3 is 2.86 bits per heavy atom. The molecule has 1 aromatic carbocycles. The summed E-state index contributed by atoms with van der Waals surface area (Å²) in [6.07, 6.45) is 3.99. The fourth-order valence-electron chi connectivity index (χ4n) is 1.99. The number of amides is 1. The molecule has 1 amide bonds. The van der Waals surface area contributed by atoms with Crippen molar-refractivity contribution in [2.45, 2.75) is 32.9 Å². The van der Waals surface area contributed by atoms with Crippen molar-refractivity contribution in [2.75, 3.05) is 5.32 Å². The molecule has 1 heterocycles. The summed E-state index contributed by atoms with van der Waals surface area (Å²) in [5, 5.41) is 7.07. The van der Waals surface area contributed by atoms with Crippen molar-refractivity contribution in [1.82, 2.24) is 9.78 Å². The highest BCUT2D eigenvalue weighted by Gasteiger charge is 2.13. The number of anilines is 1. The van der Waals surface area contributed by atoms with Crippen LogP contribution >= 0.6 is 0 Å². The average molecular weight is 286 g/mol. The Labute approximate surface area is 125 Å². The molecule has 112 valence electrons. The van der Waals surface area contributed by atoms with E-state index >= 15 is 0 Å². The largest absolute Gasteiger partial charge is 0.327 e. The van der Waals surface area contributed by atoms with E-state index in [1.165, 1.54) is 0 Å². The number of aromatic nitrogens is 2. The van der Waals surface area contributed by atoms with Gasteiger partial charge in [-0.2, -0.15) is 5.10 Å². The van der Waals surface area contributed by atoms with E-state index in [1.54, 1.807) is 6.20 Å². The molecule has 0 radical (unpaired) electrons. The topological polar surface area (TPSA) is 72.9 Å². The zero-order valence-corrected chi connectivity index (χ0v) is 12.5. The van der Waals surface area contributed by atoms with Gasteiger partial charge < -0.3 is 11.1 Å². The monoisotopic (exact) mass is 286 g/mol. The first-order valence-electron chi connectivity index (χ1n) is 7.16. The molecule has 5 heteroatoms.